The van der Waals surface area contributed by atoms with Gasteiger partial charge in [0.15, 0.2) is 0 Å². The molecule has 2 atom stereocenters. The van der Waals surface area contributed by atoms with Gasteiger partial charge in [-0.25, -0.2) is 18.3 Å². The Labute approximate surface area is 144 Å². The van der Waals surface area contributed by atoms with Crippen molar-refractivity contribution >= 4 is 15.9 Å². The molecule has 3 N–H and O–H groups in total. The van der Waals surface area contributed by atoms with E-state index in [0.29, 0.717) is 12.8 Å². The van der Waals surface area contributed by atoms with Crippen molar-refractivity contribution in [3.63, 3.8) is 0 Å². The number of carbonyl (C=O) groups excluding carboxylic acids is 1. The number of amides is 1. The maximum Gasteiger partial charge on any atom is 0.271 e. The number of benzene rings is 1. The van der Waals surface area contributed by atoms with E-state index in [1.807, 2.05) is 0 Å². The van der Waals surface area contributed by atoms with E-state index in [0.717, 1.165) is 12.3 Å². The first-order chi connectivity index (χ1) is 11.8. The van der Waals surface area contributed by atoms with Crippen LogP contribution >= 0.6 is 0 Å². The second kappa shape index (κ2) is 6.52. The zero-order chi connectivity index (χ0) is 18.2. The van der Waals surface area contributed by atoms with E-state index in [4.69, 9.17) is 11.3 Å². The molecule has 0 aromatic heterocycles. The molecule has 2 saturated heterocycles. The number of nitrogens with two attached hydrogens (primary N) is 1. The van der Waals surface area contributed by atoms with Crippen molar-refractivity contribution < 1.29 is 17.6 Å². The van der Waals surface area contributed by atoms with Crippen LogP contribution < -0.4 is 5.73 Å². The number of carbonyl (C=O) groups is 1. The minimum atomic E-state index is -3.84. The van der Waals surface area contributed by atoms with Gasteiger partial charge in [0.2, 0.25) is 10.0 Å². The van der Waals surface area contributed by atoms with Crippen molar-refractivity contribution in [3.05, 3.63) is 42.0 Å². The average molecular weight is 367 g/mol. The molecule has 25 heavy (non-hydrogen) atoms. The van der Waals surface area contributed by atoms with Crippen LogP contribution in [-0.4, -0.2) is 48.7 Å². The number of nitrogens with zero attached hydrogens (tertiary/aromatic N) is 3. The van der Waals surface area contributed by atoms with Crippen LogP contribution in [0.2, 0.25) is 0 Å². The molecule has 0 saturated carbocycles. The lowest BCUT2D eigenvalue weighted by Crippen LogP contribution is -2.57. The van der Waals surface area contributed by atoms with Crippen molar-refractivity contribution in [3.8, 4) is 0 Å². The maximum atomic E-state index is 13.4. The molecular weight excluding hydrogens is 349 g/mol. The van der Waals surface area contributed by atoms with E-state index in [2.05, 4.69) is 5.11 Å². The van der Waals surface area contributed by atoms with Crippen LogP contribution in [0.4, 0.5) is 4.39 Å². The molecule has 0 aliphatic carbocycles. The van der Waals surface area contributed by atoms with Crippen molar-refractivity contribution in [2.24, 2.45) is 10.8 Å². The molecule has 3 rings (SSSR count). The number of nitrogens with one attached hydrogen (secondary N) is 1. The van der Waals surface area contributed by atoms with Crippen LogP contribution in [0.1, 0.15) is 12.8 Å². The fraction of sp³-hybridized carbons (Fsp3) is 0.400. The van der Waals surface area contributed by atoms with Gasteiger partial charge >= 0.3 is 0 Å². The average Bonchev–Trinajstić information content (AvgIpc) is 2.86. The summed E-state index contributed by atoms with van der Waals surface area (Å²) in [4.78, 5) is 13.6. The molecule has 134 valence electrons. The smallest absolute Gasteiger partial charge is 0.271 e. The molecule has 2 aliphatic heterocycles. The Morgan fingerprint density at radius 2 is 1.96 bits per heavy atom. The molecule has 0 spiro atoms. The molecule has 2 bridgehead atoms. The van der Waals surface area contributed by atoms with Crippen molar-refractivity contribution in [2.75, 3.05) is 13.1 Å². The molecule has 1 aromatic carbocycles. The third-order valence-electron chi connectivity index (χ3n) is 4.52. The van der Waals surface area contributed by atoms with E-state index < -0.39 is 21.7 Å². The van der Waals surface area contributed by atoms with E-state index in [1.165, 1.54) is 27.4 Å². The fourth-order valence-corrected chi connectivity index (χ4v) is 5.36. The first-order valence-electron chi connectivity index (χ1n) is 7.75. The summed E-state index contributed by atoms with van der Waals surface area (Å²) in [6.45, 7) is 0.410. The second-order valence-electron chi connectivity index (χ2n) is 6.10. The summed E-state index contributed by atoms with van der Waals surface area (Å²) in [6.07, 6.45) is 2.20. The summed E-state index contributed by atoms with van der Waals surface area (Å²) in [7, 11) is -3.84. The lowest BCUT2D eigenvalue weighted by Gasteiger charge is -2.40. The number of hydrogen-bond acceptors (Lipinski definition) is 6. The Morgan fingerprint density at radius 3 is 2.52 bits per heavy atom. The number of likely N-dealkylation sites (tertiary alicyclic amines) is 1. The number of rotatable bonds is 4. The quantitative estimate of drug-likeness (QED) is 0.610. The Balaban J connectivity index is 1.85. The van der Waals surface area contributed by atoms with E-state index >= 15 is 0 Å². The third-order valence-corrected chi connectivity index (χ3v) is 6.53. The summed E-state index contributed by atoms with van der Waals surface area (Å²) < 4.78 is 40.6. The Morgan fingerprint density at radius 1 is 1.32 bits per heavy atom. The lowest BCUT2D eigenvalue weighted by atomic mass is 10.2. The summed E-state index contributed by atoms with van der Waals surface area (Å²) in [5.74, 6) is -1.07. The van der Waals surface area contributed by atoms with Gasteiger partial charge in [-0.1, -0.05) is 6.07 Å². The number of piperazine rings is 1. The molecule has 0 radical (unpaired) electrons. The van der Waals surface area contributed by atoms with E-state index in [9.17, 15) is 17.6 Å². The van der Waals surface area contributed by atoms with Crippen molar-refractivity contribution in [2.45, 2.75) is 29.8 Å². The molecule has 2 heterocycles. The molecular formula is C15H18FN5O3S. The number of fused-ring (bicyclic) bond motifs is 2. The first kappa shape index (κ1) is 17.5. The van der Waals surface area contributed by atoms with Crippen LogP contribution in [-0.2, 0) is 14.8 Å². The minimum Gasteiger partial charge on any atom is -0.393 e. The molecule has 8 nitrogen and oxygen atoms in total. The Kier molecular flexibility index (Phi) is 4.56. The van der Waals surface area contributed by atoms with Crippen molar-refractivity contribution in [1.29, 1.82) is 5.53 Å². The minimum absolute atomic E-state index is 0.0865. The second-order valence-corrected chi connectivity index (χ2v) is 7.94. The Bertz CT molecular complexity index is 827. The van der Waals surface area contributed by atoms with Crippen LogP contribution in [0, 0.1) is 11.3 Å². The molecule has 2 unspecified atom stereocenters. The highest BCUT2D eigenvalue weighted by atomic mass is 32.2. The van der Waals surface area contributed by atoms with Crippen LogP contribution in [0.3, 0.4) is 0 Å². The van der Waals surface area contributed by atoms with Gasteiger partial charge < -0.3 is 10.6 Å². The van der Waals surface area contributed by atoms with Crippen LogP contribution in [0.15, 0.2) is 46.2 Å². The summed E-state index contributed by atoms with van der Waals surface area (Å²) in [5, 5.41) is 2.98. The van der Waals surface area contributed by atoms with Gasteiger partial charge in [0, 0.05) is 25.2 Å². The number of halogens is 1. The van der Waals surface area contributed by atoms with Gasteiger partial charge in [-0.2, -0.15) is 9.42 Å². The molecule has 1 amide bonds. The zero-order valence-corrected chi connectivity index (χ0v) is 14.1. The number of hydrogen-bond donors (Lipinski definition) is 2. The highest BCUT2D eigenvalue weighted by Gasteiger charge is 2.47. The normalized spacial score (nSPS) is 24.4. The molecule has 2 aliphatic rings. The highest BCUT2D eigenvalue weighted by Crippen LogP contribution is 2.35. The fourth-order valence-electron chi connectivity index (χ4n) is 3.48. The third kappa shape index (κ3) is 3.14. The summed E-state index contributed by atoms with van der Waals surface area (Å²) in [5.41, 5.74) is 12.2. The summed E-state index contributed by atoms with van der Waals surface area (Å²) >= 11 is 0. The largest absolute Gasteiger partial charge is 0.393 e. The zero-order valence-electron chi connectivity index (χ0n) is 13.3. The van der Waals surface area contributed by atoms with Crippen molar-refractivity contribution in [1.82, 2.24) is 9.21 Å². The van der Waals surface area contributed by atoms with Gasteiger partial charge in [-0.3, -0.25) is 4.79 Å². The standard InChI is InChI=1S/C15H18FN5O3S/c16-10-2-1-3-13(6-10)25(23,24)21-11-4-5-12(21)9-20(8-11)15(22)14(17)7-19-18/h1-3,6-7,11-12,18H,4-5,8-9,17H2/b14-7-,19-18?. The number of sulfonamides is 1. The van der Waals surface area contributed by atoms with E-state index in [1.54, 1.807) is 0 Å². The topological polar surface area (TPSA) is 120 Å². The van der Waals surface area contributed by atoms with Gasteiger partial charge in [0.1, 0.15) is 11.5 Å². The predicted molar refractivity (Wildman–Crippen MR) is 86.2 cm³/mol. The molecule has 2 fully saturated rings. The van der Waals surface area contributed by atoms with Gasteiger partial charge in [0.25, 0.3) is 5.91 Å². The Hall–Kier alpha value is -2.33. The highest BCUT2D eigenvalue weighted by molar-refractivity contribution is 7.89. The van der Waals surface area contributed by atoms with Gasteiger partial charge in [-0.15, -0.1) is 0 Å². The SMILES string of the molecule is N=N/C=C(\N)C(=O)N1CC2CCC(C1)N2S(=O)(=O)c1cccc(F)c1. The first-order valence-corrected chi connectivity index (χ1v) is 9.19. The molecule has 1 aromatic rings. The van der Waals surface area contributed by atoms with Gasteiger partial charge in [0.05, 0.1) is 11.1 Å². The van der Waals surface area contributed by atoms with E-state index in [-0.39, 0.29) is 35.8 Å². The monoisotopic (exact) mass is 367 g/mol. The van der Waals surface area contributed by atoms with Crippen LogP contribution in [0.25, 0.3) is 0 Å². The maximum absolute atomic E-state index is 13.4. The van der Waals surface area contributed by atoms with Crippen LogP contribution in [0.5, 0.6) is 0 Å². The lowest BCUT2D eigenvalue weighted by molar-refractivity contribution is -0.129. The predicted octanol–water partition coefficient (Wildman–Crippen LogP) is 1.02. The van der Waals surface area contributed by atoms with Gasteiger partial charge in [-0.05, 0) is 31.0 Å². The summed E-state index contributed by atoms with van der Waals surface area (Å²) in [6, 6.07) is 4.17. The molecule has 10 heteroatoms.